The average Bonchev–Trinajstić information content (AvgIpc) is 2.38. The molecule has 1 nitrogen and oxygen atoms in total. The highest BCUT2D eigenvalue weighted by Gasteiger charge is 2.29. The summed E-state index contributed by atoms with van der Waals surface area (Å²) < 4.78 is 43.3. The molecule has 0 radical (unpaired) electrons. The Balaban J connectivity index is 2.16. The van der Waals surface area contributed by atoms with Crippen molar-refractivity contribution in [3.05, 3.63) is 63.6 Å². The van der Waals surface area contributed by atoms with Gasteiger partial charge in [0.2, 0.25) is 0 Å². The van der Waals surface area contributed by atoms with Gasteiger partial charge < -0.3 is 4.74 Å². The third kappa shape index (κ3) is 3.54. The molecular weight excluding hydrogens is 333 g/mol. The van der Waals surface area contributed by atoms with E-state index < -0.39 is 11.7 Å². The van der Waals surface area contributed by atoms with Crippen molar-refractivity contribution in [3.63, 3.8) is 0 Å². The number of hydrogen-bond acceptors (Lipinski definition) is 1. The molecule has 0 saturated carbocycles. The first-order valence-corrected chi connectivity index (χ1v) is 6.68. The molecule has 2 aromatic rings. The predicted octanol–water partition coefficient (Wildman–Crippen LogP) is 5.07. The van der Waals surface area contributed by atoms with Crippen LogP contribution >= 0.6 is 15.9 Å². The monoisotopic (exact) mass is 344 g/mol. The van der Waals surface area contributed by atoms with Crippen LogP contribution in [0.15, 0.2) is 46.9 Å². The Morgan fingerprint density at radius 3 is 2.10 bits per heavy atom. The fourth-order valence-electron chi connectivity index (χ4n) is 1.87. The molecule has 0 heterocycles. The van der Waals surface area contributed by atoms with Crippen molar-refractivity contribution in [2.75, 3.05) is 7.11 Å². The molecule has 0 aromatic heterocycles. The second-order valence-electron chi connectivity index (χ2n) is 4.34. The summed E-state index contributed by atoms with van der Waals surface area (Å²) in [5.74, 6) is 0.723. The second kappa shape index (κ2) is 5.87. The number of alkyl halides is 3. The van der Waals surface area contributed by atoms with E-state index >= 15 is 0 Å². The molecule has 0 N–H and O–H groups in total. The van der Waals surface area contributed by atoms with Gasteiger partial charge in [-0.15, -0.1) is 0 Å². The van der Waals surface area contributed by atoms with Crippen LogP contribution in [0.4, 0.5) is 13.2 Å². The lowest BCUT2D eigenvalue weighted by Crippen LogP contribution is -2.04. The lowest BCUT2D eigenvalue weighted by atomic mass is 10.0. The van der Waals surface area contributed by atoms with E-state index in [0.717, 1.165) is 33.5 Å². The van der Waals surface area contributed by atoms with Gasteiger partial charge in [0, 0.05) is 0 Å². The first kappa shape index (κ1) is 14.9. The molecule has 0 bridgehead atoms. The molecule has 2 aromatic carbocycles. The van der Waals surface area contributed by atoms with Gasteiger partial charge in [-0.3, -0.25) is 0 Å². The molecule has 5 heteroatoms. The highest BCUT2D eigenvalue weighted by molar-refractivity contribution is 9.10. The van der Waals surface area contributed by atoms with Crippen LogP contribution in [-0.2, 0) is 12.6 Å². The van der Waals surface area contributed by atoms with Crippen molar-refractivity contribution in [2.45, 2.75) is 12.6 Å². The van der Waals surface area contributed by atoms with Gasteiger partial charge in [0.05, 0.1) is 17.1 Å². The predicted molar refractivity (Wildman–Crippen MR) is 74.9 cm³/mol. The zero-order valence-corrected chi connectivity index (χ0v) is 12.3. The van der Waals surface area contributed by atoms with Crippen molar-refractivity contribution in [3.8, 4) is 5.75 Å². The van der Waals surface area contributed by atoms with Gasteiger partial charge in [-0.05, 0) is 57.7 Å². The minimum Gasteiger partial charge on any atom is -0.496 e. The highest BCUT2D eigenvalue weighted by Crippen LogP contribution is 2.30. The van der Waals surface area contributed by atoms with Crippen molar-refractivity contribution >= 4 is 15.9 Å². The van der Waals surface area contributed by atoms with Crippen molar-refractivity contribution < 1.29 is 17.9 Å². The van der Waals surface area contributed by atoms with E-state index in [-0.39, 0.29) is 0 Å². The number of benzene rings is 2. The van der Waals surface area contributed by atoms with E-state index in [9.17, 15) is 13.2 Å². The van der Waals surface area contributed by atoms with Crippen LogP contribution in [-0.4, -0.2) is 7.11 Å². The molecule has 0 amide bonds. The fraction of sp³-hybridized carbons (Fsp3) is 0.200. The smallest absolute Gasteiger partial charge is 0.416 e. The van der Waals surface area contributed by atoms with Crippen LogP contribution in [0.2, 0.25) is 0 Å². The number of ether oxygens (including phenoxy) is 1. The molecular formula is C15H12BrF3O. The first-order chi connectivity index (χ1) is 9.40. The van der Waals surface area contributed by atoms with Crippen molar-refractivity contribution in [2.24, 2.45) is 0 Å². The normalized spacial score (nSPS) is 11.4. The fourth-order valence-corrected chi connectivity index (χ4v) is 2.46. The third-order valence-corrected chi connectivity index (χ3v) is 3.53. The lowest BCUT2D eigenvalue weighted by Gasteiger charge is -2.09. The molecule has 106 valence electrons. The van der Waals surface area contributed by atoms with E-state index in [1.807, 2.05) is 18.2 Å². The Morgan fingerprint density at radius 2 is 1.60 bits per heavy atom. The van der Waals surface area contributed by atoms with E-state index in [2.05, 4.69) is 15.9 Å². The number of methoxy groups -OCH3 is 1. The molecule has 0 aliphatic carbocycles. The number of halogens is 4. The van der Waals surface area contributed by atoms with Crippen LogP contribution < -0.4 is 4.74 Å². The van der Waals surface area contributed by atoms with Crippen LogP contribution in [0.3, 0.4) is 0 Å². The van der Waals surface area contributed by atoms with E-state index in [1.165, 1.54) is 12.1 Å². The molecule has 0 aliphatic rings. The van der Waals surface area contributed by atoms with Gasteiger partial charge in [0.15, 0.2) is 0 Å². The Hall–Kier alpha value is -1.49. The van der Waals surface area contributed by atoms with Crippen LogP contribution in [0.25, 0.3) is 0 Å². The van der Waals surface area contributed by atoms with Crippen LogP contribution in [0.5, 0.6) is 5.75 Å². The highest BCUT2D eigenvalue weighted by atomic mass is 79.9. The zero-order valence-electron chi connectivity index (χ0n) is 10.7. The zero-order chi connectivity index (χ0) is 14.8. The third-order valence-electron chi connectivity index (χ3n) is 2.91. The molecule has 2 rings (SSSR count). The van der Waals surface area contributed by atoms with E-state index in [1.54, 1.807) is 7.11 Å². The quantitative estimate of drug-likeness (QED) is 0.755. The SMILES string of the molecule is COc1ccc(Cc2ccc(C(F)(F)F)cc2)cc1Br. The largest absolute Gasteiger partial charge is 0.496 e. The van der Waals surface area contributed by atoms with E-state index in [4.69, 9.17) is 4.74 Å². The van der Waals surface area contributed by atoms with Gasteiger partial charge in [-0.25, -0.2) is 0 Å². The molecule has 0 atom stereocenters. The Labute approximate surface area is 123 Å². The van der Waals surface area contributed by atoms with Crippen molar-refractivity contribution in [1.29, 1.82) is 0 Å². The maximum atomic E-state index is 12.5. The van der Waals surface area contributed by atoms with Gasteiger partial charge in [0.1, 0.15) is 5.75 Å². The lowest BCUT2D eigenvalue weighted by molar-refractivity contribution is -0.137. The topological polar surface area (TPSA) is 9.23 Å². The Morgan fingerprint density at radius 1 is 1.00 bits per heavy atom. The summed E-state index contributed by atoms with van der Waals surface area (Å²) in [6.07, 6.45) is -3.72. The maximum absolute atomic E-state index is 12.5. The van der Waals surface area contributed by atoms with Crippen LogP contribution in [0, 0.1) is 0 Å². The minimum atomic E-state index is -4.29. The summed E-state index contributed by atoms with van der Waals surface area (Å²) in [4.78, 5) is 0. The summed E-state index contributed by atoms with van der Waals surface area (Å²) >= 11 is 3.38. The second-order valence-corrected chi connectivity index (χ2v) is 5.19. The van der Waals surface area contributed by atoms with Gasteiger partial charge >= 0.3 is 6.18 Å². The summed E-state index contributed by atoms with van der Waals surface area (Å²) in [7, 11) is 1.58. The maximum Gasteiger partial charge on any atom is 0.416 e. The Kier molecular flexibility index (Phi) is 4.38. The molecule has 0 saturated heterocycles. The van der Waals surface area contributed by atoms with Gasteiger partial charge in [-0.2, -0.15) is 13.2 Å². The molecule has 0 spiro atoms. The summed E-state index contributed by atoms with van der Waals surface area (Å²) in [5.41, 5.74) is 1.20. The standard InChI is InChI=1S/C15H12BrF3O/c1-20-14-7-4-11(9-13(14)16)8-10-2-5-12(6-3-10)15(17,18)19/h2-7,9H,8H2,1H3. The van der Waals surface area contributed by atoms with Crippen LogP contribution in [0.1, 0.15) is 16.7 Å². The first-order valence-electron chi connectivity index (χ1n) is 5.88. The minimum absolute atomic E-state index is 0.570. The average molecular weight is 345 g/mol. The summed E-state index contributed by atoms with van der Waals surface area (Å²) in [6.45, 7) is 0. The van der Waals surface area contributed by atoms with Gasteiger partial charge in [0.25, 0.3) is 0 Å². The molecule has 0 aliphatic heterocycles. The molecule has 0 unspecified atom stereocenters. The van der Waals surface area contributed by atoms with Gasteiger partial charge in [-0.1, -0.05) is 18.2 Å². The molecule has 0 fully saturated rings. The van der Waals surface area contributed by atoms with Crippen molar-refractivity contribution in [1.82, 2.24) is 0 Å². The number of rotatable bonds is 3. The Bertz CT molecular complexity index is 591. The summed E-state index contributed by atoms with van der Waals surface area (Å²) in [5, 5.41) is 0. The number of hydrogen-bond donors (Lipinski definition) is 0. The van der Waals surface area contributed by atoms with E-state index in [0.29, 0.717) is 6.42 Å². The summed E-state index contributed by atoms with van der Waals surface area (Å²) in [6, 6.07) is 10.8. The molecule has 20 heavy (non-hydrogen) atoms.